The first-order valence-electron chi connectivity index (χ1n) is 6.53. The minimum atomic E-state index is -0.423. The monoisotopic (exact) mass is 263 g/mol. The van der Waals surface area contributed by atoms with Crippen LogP contribution < -0.4 is 5.32 Å². The standard InChI is InChI=1S/C15H18FNO2/c1-8(2)11-6-9(3)12(7-13(11)16)10-4-5-14(18)17-15(10)19/h6-8,10H,4-5H2,1-3H3,(H,17,18,19). The maximum Gasteiger partial charge on any atom is 0.234 e. The highest BCUT2D eigenvalue weighted by Gasteiger charge is 2.29. The lowest BCUT2D eigenvalue weighted by Gasteiger charge is -2.23. The van der Waals surface area contributed by atoms with Gasteiger partial charge in [-0.1, -0.05) is 19.9 Å². The van der Waals surface area contributed by atoms with Gasteiger partial charge in [0.25, 0.3) is 0 Å². The maximum atomic E-state index is 14.0. The summed E-state index contributed by atoms with van der Waals surface area (Å²) in [7, 11) is 0. The number of aryl methyl sites for hydroxylation is 1. The van der Waals surface area contributed by atoms with Crippen molar-refractivity contribution in [1.29, 1.82) is 0 Å². The van der Waals surface area contributed by atoms with E-state index in [1.165, 1.54) is 6.07 Å². The zero-order chi connectivity index (χ0) is 14.2. The predicted octanol–water partition coefficient (Wildman–Crippen LogP) is 2.78. The number of piperidine rings is 1. The third kappa shape index (κ3) is 2.67. The van der Waals surface area contributed by atoms with Crippen LogP contribution in [0.25, 0.3) is 0 Å². The van der Waals surface area contributed by atoms with Crippen molar-refractivity contribution in [1.82, 2.24) is 5.32 Å². The lowest BCUT2D eigenvalue weighted by Crippen LogP contribution is -2.39. The van der Waals surface area contributed by atoms with Crippen LogP contribution in [-0.4, -0.2) is 11.8 Å². The van der Waals surface area contributed by atoms with Crippen molar-refractivity contribution in [3.63, 3.8) is 0 Å². The van der Waals surface area contributed by atoms with E-state index in [9.17, 15) is 14.0 Å². The number of halogens is 1. The van der Waals surface area contributed by atoms with Gasteiger partial charge in [-0.05, 0) is 42.0 Å². The summed E-state index contributed by atoms with van der Waals surface area (Å²) >= 11 is 0. The summed E-state index contributed by atoms with van der Waals surface area (Å²) in [5.41, 5.74) is 2.25. The van der Waals surface area contributed by atoms with E-state index in [-0.39, 0.29) is 23.5 Å². The van der Waals surface area contributed by atoms with Crippen LogP contribution in [0.3, 0.4) is 0 Å². The summed E-state index contributed by atoms with van der Waals surface area (Å²) in [6.45, 7) is 5.75. The highest BCUT2D eigenvalue weighted by atomic mass is 19.1. The van der Waals surface area contributed by atoms with Crippen molar-refractivity contribution in [2.24, 2.45) is 0 Å². The molecule has 1 atom stereocenters. The minimum absolute atomic E-state index is 0.106. The van der Waals surface area contributed by atoms with Crippen LogP contribution in [0.2, 0.25) is 0 Å². The molecule has 1 unspecified atom stereocenters. The third-order valence-corrected chi connectivity index (χ3v) is 3.62. The van der Waals surface area contributed by atoms with Gasteiger partial charge in [-0.15, -0.1) is 0 Å². The quantitative estimate of drug-likeness (QED) is 0.834. The largest absolute Gasteiger partial charge is 0.296 e. The molecular formula is C15H18FNO2. The molecule has 1 aliphatic heterocycles. The fourth-order valence-corrected chi connectivity index (χ4v) is 2.53. The minimum Gasteiger partial charge on any atom is -0.296 e. The van der Waals surface area contributed by atoms with Crippen molar-refractivity contribution in [3.8, 4) is 0 Å². The molecule has 1 aliphatic rings. The first kappa shape index (κ1) is 13.7. The number of benzene rings is 1. The van der Waals surface area contributed by atoms with Gasteiger partial charge in [-0.25, -0.2) is 4.39 Å². The smallest absolute Gasteiger partial charge is 0.234 e. The Kier molecular flexibility index (Phi) is 3.69. The Balaban J connectivity index is 2.38. The first-order valence-corrected chi connectivity index (χ1v) is 6.53. The SMILES string of the molecule is Cc1cc(C(C)C)c(F)cc1C1CCC(=O)NC1=O. The van der Waals surface area contributed by atoms with Gasteiger partial charge >= 0.3 is 0 Å². The molecule has 0 saturated carbocycles. The Bertz CT molecular complexity index is 537. The summed E-state index contributed by atoms with van der Waals surface area (Å²) < 4.78 is 14.0. The molecule has 2 amide bonds. The van der Waals surface area contributed by atoms with Gasteiger partial charge in [0.05, 0.1) is 5.92 Å². The number of rotatable bonds is 2. The lowest BCUT2D eigenvalue weighted by atomic mass is 9.86. The molecule has 1 fully saturated rings. The van der Waals surface area contributed by atoms with Crippen LogP contribution in [0.1, 0.15) is 55.2 Å². The van der Waals surface area contributed by atoms with Crippen molar-refractivity contribution in [2.45, 2.75) is 45.4 Å². The topological polar surface area (TPSA) is 46.2 Å². The lowest BCUT2D eigenvalue weighted by molar-refractivity contribution is -0.134. The van der Waals surface area contributed by atoms with E-state index in [0.717, 1.165) is 5.56 Å². The molecule has 102 valence electrons. The maximum absolute atomic E-state index is 14.0. The van der Waals surface area contributed by atoms with Gasteiger partial charge in [-0.2, -0.15) is 0 Å². The summed E-state index contributed by atoms with van der Waals surface area (Å²) in [4.78, 5) is 23.0. The molecular weight excluding hydrogens is 245 g/mol. The van der Waals surface area contributed by atoms with E-state index in [2.05, 4.69) is 5.32 Å². The van der Waals surface area contributed by atoms with Crippen molar-refractivity contribution in [2.75, 3.05) is 0 Å². The zero-order valence-corrected chi connectivity index (χ0v) is 11.4. The van der Waals surface area contributed by atoms with Crippen LogP contribution in [0, 0.1) is 12.7 Å². The molecule has 3 nitrogen and oxygen atoms in total. The Hall–Kier alpha value is -1.71. The zero-order valence-electron chi connectivity index (χ0n) is 11.4. The van der Waals surface area contributed by atoms with Crippen molar-refractivity contribution < 1.29 is 14.0 Å². The molecule has 1 heterocycles. The molecule has 1 aromatic carbocycles. The van der Waals surface area contributed by atoms with Gasteiger partial charge in [0.2, 0.25) is 11.8 Å². The van der Waals surface area contributed by atoms with E-state index < -0.39 is 5.92 Å². The normalized spacial score (nSPS) is 19.7. The number of amides is 2. The van der Waals surface area contributed by atoms with E-state index >= 15 is 0 Å². The second-order valence-corrected chi connectivity index (χ2v) is 5.39. The van der Waals surface area contributed by atoms with Gasteiger partial charge < -0.3 is 0 Å². The summed E-state index contributed by atoms with van der Waals surface area (Å²) in [5, 5.41) is 2.31. The van der Waals surface area contributed by atoms with Crippen LogP contribution in [0.5, 0.6) is 0 Å². The van der Waals surface area contributed by atoms with E-state index in [4.69, 9.17) is 0 Å². The van der Waals surface area contributed by atoms with E-state index in [1.54, 1.807) is 6.07 Å². The van der Waals surface area contributed by atoms with Gasteiger partial charge in [-0.3, -0.25) is 14.9 Å². The molecule has 0 spiro atoms. The summed E-state index contributed by atoms with van der Waals surface area (Å²) in [6.07, 6.45) is 0.759. The van der Waals surface area contributed by atoms with Gasteiger partial charge in [0.1, 0.15) is 5.82 Å². The highest BCUT2D eigenvalue weighted by molar-refractivity contribution is 6.01. The number of hydrogen-bond donors (Lipinski definition) is 1. The number of carbonyl (C=O) groups excluding carboxylic acids is 2. The molecule has 0 bridgehead atoms. The van der Waals surface area contributed by atoms with Crippen LogP contribution in [0.4, 0.5) is 4.39 Å². The van der Waals surface area contributed by atoms with Gasteiger partial charge in [0, 0.05) is 6.42 Å². The Labute approximate surface area is 112 Å². The molecule has 1 N–H and O–H groups in total. The number of nitrogens with one attached hydrogen (secondary N) is 1. The average molecular weight is 263 g/mol. The molecule has 0 aliphatic carbocycles. The van der Waals surface area contributed by atoms with Crippen molar-refractivity contribution in [3.05, 3.63) is 34.6 Å². The molecule has 0 radical (unpaired) electrons. The molecule has 1 saturated heterocycles. The second kappa shape index (κ2) is 5.11. The number of hydrogen-bond acceptors (Lipinski definition) is 2. The Morgan fingerprint density at radius 2 is 2.00 bits per heavy atom. The first-order chi connectivity index (χ1) is 8.90. The molecule has 2 rings (SSSR count). The summed E-state index contributed by atoms with van der Waals surface area (Å²) in [5.74, 6) is -1.17. The highest BCUT2D eigenvalue weighted by Crippen LogP contribution is 2.31. The molecule has 1 aromatic rings. The van der Waals surface area contributed by atoms with E-state index in [0.29, 0.717) is 24.0 Å². The molecule has 0 aromatic heterocycles. The van der Waals surface area contributed by atoms with Crippen LogP contribution in [0.15, 0.2) is 12.1 Å². The van der Waals surface area contributed by atoms with E-state index in [1.807, 2.05) is 20.8 Å². The fourth-order valence-electron chi connectivity index (χ4n) is 2.53. The fraction of sp³-hybridized carbons (Fsp3) is 0.467. The van der Waals surface area contributed by atoms with Crippen molar-refractivity contribution >= 4 is 11.8 Å². The number of carbonyl (C=O) groups is 2. The van der Waals surface area contributed by atoms with Crippen LogP contribution >= 0.6 is 0 Å². The molecule has 19 heavy (non-hydrogen) atoms. The number of imide groups is 1. The summed E-state index contributed by atoms with van der Waals surface area (Å²) in [6, 6.07) is 3.25. The van der Waals surface area contributed by atoms with Crippen LogP contribution in [-0.2, 0) is 9.59 Å². The molecule has 4 heteroatoms. The Morgan fingerprint density at radius 1 is 1.32 bits per heavy atom. The second-order valence-electron chi connectivity index (χ2n) is 5.39. The van der Waals surface area contributed by atoms with Gasteiger partial charge in [0.15, 0.2) is 0 Å². The Morgan fingerprint density at radius 3 is 2.58 bits per heavy atom. The predicted molar refractivity (Wildman–Crippen MR) is 70.4 cm³/mol. The third-order valence-electron chi connectivity index (χ3n) is 3.62. The average Bonchev–Trinajstić information content (AvgIpc) is 2.32.